The van der Waals surface area contributed by atoms with Gasteiger partial charge < -0.3 is 0 Å². The van der Waals surface area contributed by atoms with Gasteiger partial charge in [-0.05, 0) is 12.8 Å². The Bertz CT molecular complexity index is 95.0. The zero-order valence-corrected chi connectivity index (χ0v) is 7.52. The van der Waals surface area contributed by atoms with Crippen LogP contribution in [-0.2, 0) is 14.6 Å². The molecule has 3 nitrogen and oxygen atoms in total. The second kappa shape index (κ2) is 7.02. The van der Waals surface area contributed by atoms with Gasteiger partial charge in [0.05, 0.1) is 6.61 Å². The normalized spacial score (nSPS) is 9.40. The van der Waals surface area contributed by atoms with Gasteiger partial charge in [-0.25, -0.2) is 4.79 Å². The molecule has 0 atom stereocenters. The quantitative estimate of drug-likeness (QED) is 0.300. The van der Waals surface area contributed by atoms with E-state index < -0.39 is 5.97 Å². The Balaban J connectivity index is 2.84. The number of halogens is 1. The lowest BCUT2D eigenvalue weighted by atomic mass is 10.4. The first-order chi connectivity index (χ1) is 4.77. The summed E-state index contributed by atoms with van der Waals surface area (Å²) in [5.74, 6) is -0.404. The van der Waals surface area contributed by atoms with Crippen molar-refractivity contribution in [2.24, 2.45) is 0 Å². The molecule has 0 aromatic heterocycles. The molecule has 4 heteroatoms. The molecular weight excluding hydrogens is 200 g/mol. The molecule has 10 heavy (non-hydrogen) atoms. The number of carbonyl (C=O) groups excluding carboxylic acids is 1. The Morgan fingerprint density at radius 3 is 2.70 bits per heavy atom. The van der Waals surface area contributed by atoms with Gasteiger partial charge in [-0.3, -0.25) is 4.89 Å². The first-order valence-corrected chi connectivity index (χ1v) is 4.25. The van der Waals surface area contributed by atoms with E-state index in [9.17, 15) is 4.79 Å². The molecule has 0 saturated heterocycles. The summed E-state index contributed by atoms with van der Waals surface area (Å²) < 4.78 is 0. The lowest BCUT2D eigenvalue weighted by molar-refractivity contribution is -0.270. The third kappa shape index (κ3) is 7.91. The van der Waals surface area contributed by atoms with Crippen molar-refractivity contribution in [1.29, 1.82) is 0 Å². The smallest absolute Gasteiger partial charge is 0.299 e. The van der Waals surface area contributed by atoms with Crippen molar-refractivity contribution >= 4 is 21.9 Å². The highest BCUT2D eigenvalue weighted by atomic mass is 79.9. The molecule has 0 unspecified atom stereocenters. The van der Waals surface area contributed by atoms with Crippen LogP contribution in [-0.4, -0.2) is 17.9 Å². The maximum Gasteiger partial charge on any atom is 0.339 e. The zero-order valence-electron chi connectivity index (χ0n) is 5.93. The predicted molar refractivity (Wildman–Crippen MR) is 40.7 cm³/mol. The minimum absolute atomic E-state index is 0.404. The van der Waals surface area contributed by atoms with Gasteiger partial charge in [0.15, 0.2) is 0 Å². The number of hydrogen-bond donors (Lipinski definition) is 0. The van der Waals surface area contributed by atoms with Crippen molar-refractivity contribution in [2.45, 2.75) is 19.8 Å². The van der Waals surface area contributed by atoms with Crippen LogP contribution in [0.15, 0.2) is 0 Å². The van der Waals surface area contributed by atoms with E-state index in [1.54, 1.807) is 0 Å². The fourth-order valence-electron chi connectivity index (χ4n) is 0.380. The Labute approximate surface area is 68.7 Å². The maximum atomic E-state index is 10.1. The van der Waals surface area contributed by atoms with Crippen LogP contribution in [0.5, 0.6) is 0 Å². The third-order valence-corrected chi connectivity index (χ3v) is 1.35. The number of carbonyl (C=O) groups is 1. The van der Waals surface area contributed by atoms with Crippen LogP contribution in [0.3, 0.4) is 0 Å². The van der Waals surface area contributed by atoms with Crippen molar-refractivity contribution in [3.8, 4) is 0 Å². The summed E-state index contributed by atoms with van der Waals surface area (Å²) in [5, 5.41) is 0.955. The minimum Gasteiger partial charge on any atom is -0.299 e. The molecule has 60 valence electrons. The Morgan fingerprint density at radius 1 is 1.50 bits per heavy atom. The Kier molecular flexibility index (Phi) is 6.96. The molecule has 0 aliphatic carbocycles. The molecule has 0 aliphatic heterocycles. The van der Waals surface area contributed by atoms with Crippen LogP contribution in [0, 0.1) is 0 Å². The molecular formula is C6H11BrO3. The molecule has 0 fully saturated rings. The Hall–Kier alpha value is -0.0900. The van der Waals surface area contributed by atoms with Crippen LogP contribution >= 0.6 is 15.9 Å². The van der Waals surface area contributed by atoms with Gasteiger partial charge in [0.2, 0.25) is 0 Å². The fourth-order valence-corrected chi connectivity index (χ4v) is 0.777. The van der Waals surface area contributed by atoms with E-state index in [1.807, 2.05) is 0 Å². The van der Waals surface area contributed by atoms with Gasteiger partial charge >= 0.3 is 5.97 Å². The molecule has 0 N–H and O–H groups in total. The number of rotatable bonds is 5. The lowest BCUT2D eigenvalue weighted by Crippen LogP contribution is -2.01. The van der Waals surface area contributed by atoms with Crippen LogP contribution in [0.4, 0.5) is 0 Å². The molecule has 0 amide bonds. The summed E-state index contributed by atoms with van der Waals surface area (Å²) in [6, 6.07) is 0. The van der Waals surface area contributed by atoms with E-state index in [1.165, 1.54) is 6.92 Å². The van der Waals surface area contributed by atoms with E-state index in [0.717, 1.165) is 18.2 Å². The fraction of sp³-hybridized carbons (Fsp3) is 0.833. The van der Waals surface area contributed by atoms with Gasteiger partial charge in [-0.1, -0.05) is 15.9 Å². The third-order valence-electron chi connectivity index (χ3n) is 0.788. The monoisotopic (exact) mass is 210 g/mol. The molecule has 0 rings (SSSR count). The van der Waals surface area contributed by atoms with Gasteiger partial charge in [-0.2, -0.15) is 4.89 Å². The summed E-state index contributed by atoms with van der Waals surface area (Å²) in [6.45, 7) is 1.79. The number of alkyl halides is 1. The summed E-state index contributed by atoms with van der Waals surface area (Å²) in [5.41, 5.74) is 0. The molecule has 0 bridgehead atoms. The predicted octanol–water partition coefficient (Wildman–Crippen LogP) is 1.66. The summed E-state index contributed by atoms with van der Waals surface area (Å²) in [4.78, 5) is 18.9. The van der Waals surface area contributed by atoms with Gasteiger partial charge in [-0.15, -0.1) is 0 Å². The lowest BCUT2D eigenvalue weighted by Gasteiger charge is -1.98. The van der Waals surface area contributed by atoms with Crippen molar-refractivity contribution in [3.05, 3.63) is 0 Å². The average Bonchev–Trinajstić information content (AvgIpc) is 1.87. The average molecular weight is 211 g/mol. The molecule has 0 aromatic carbocycles. The summed E-state index contributed by atoms with van der Waals surface area (Å²) in [6.07, 6.45) is 1.93. The van der Waals surface area contributed by atoms with Crippen molar-refractivity contribution in [1.82, 2.24) is 0 Å². The largest absolute Gasteiger partial charge is 0.339 e. The number of hydrogen-bond acceptors (Lipinski definition) is 3. The molecule has 0 aliphatic rings. The SMILES string of the molecule is CC(=O)OOCCCCBr. The van der Waals surface area contributed by atoms with Crippen molar-refractivity contribution in [3.63, 3.8) is 0 Å². The van der Waals surface area contributed by atoms with Crippen LogP contribution in [0.1, 0.15) is 19.8 Å². The first-order valence-electron chi connectivity index (χ1n) is 3.13. The van der Waals surface area contributed by atoms with E-state index in [4.69, 9.17) is 0 Å². The van der Waals surface area contributed by atoms with Crippen LogP contribution < -0.4 is 0 Å². The molecule has 0 heterocycles. The van der Waals surface area contributed by atoms with Crippen LogP contribution in [0.2, 0.25) is 0 Å². The van der Waals surface area contributed by atoms with Crippen molar-refractivity contribution in [2.75, 3.05) is 11.9 Å². The number of unbranched alkanes of at least 4 members (excludes halogenated alkanes) is 1. The second-order valence-corrected chi connectivity index (χ2v) is 2.59. The van der Waals surface area contributed by atoms with Gasteiger partial charge in [0.25, 0.3) is 0 Å². The maximum absolute atomic E-state index is 10.1. The molecule has 0 radical (unpaired) electrons. The standard InChI is InChI=1S/C6H11BrO3/c1-6(8)10-9-5-3-2-4-7/h2-5H2,1H3. The van der Waals surface area contributed by atoms with Gasteiger partial charge in [0, 0.05) is 12.3 Å². The highest BCUT2D eigenvalue weighted by Gasteiger charge is 1.92. The summed E-state index contributed by atoms with van der Waals surface area (Å²) in [7, 11) is 0. The Morgan fingerprint density at radius 2 is 2.20 bits per heavy atom. The van der Waals surface area contributed by atoms with E-state index in [0.29, 0.717) is 6.61 Å². The van der Waals surface area contributed by atoms with E-state index in [2.05, 4.69) is 25.7 Å². The van der Waals surface area contributed by atoms with E-state index >= 15 is 0 Å². The zero-order chi connectivity index (χ0) is 7.82. The second-order valence-electron chi connectivity index (χ2n) is 1.79. The van der Waals surface area contributed by atoms with Gasteiger partial charge in [0.1, 0.15) is 0 Å². The molecule has 0 saturated carbocycles. The van der Waals surface area contributed by atoms with Crippen molar-refractivity contribution < 1.29 is 14.6 Å². The van der Waals surface area contributed by atoms with E-state index in [-0.39, 0.29) is 0 Å². The highest BCUT2D eigenvalue weighted by Crippen LogP contribution is 1.94. The van der Waals surface area contributed by atoms with Crippen LogP contribution in [0.25, 0.3) is 0 Å². The molecule has 0 aromatic rings. The topological polar surface area (TPSA) is 35.5 Å². The summed E-state index contributed by atoms with van der Waals surface area (Å²) >= 11 is 3.27. The first kappa shape index (κ1) is 9.91. The molecule has 0 spiro atoms. The highest BCUT2D eigenvalue weighted by molar-refractivity contribution is 9.09. The minimum atomic E-state index is -0.404.